The number of ketones is 2. The van der Waals surface area contributed by atoms with Crippen LogP contribution in [0.1, 0.15) is 67.2 Å². The second-order valence-electron chi connectivity index (χ2n) is 9.10. The molecule has 0 saturated carbocycles. The fraction of sp³-hybridized carbons (Fsp3) is 0.696. The lowest BCUT2D eigenvalue weighted by Crippen LogP contribution is -2.46. The summed E-state index contributed by atoms with van der Waals surface area (Å²) in [6, 6.07) is 0. The van der Waals surface area contributed by atoms with Gasteiger partial charge in [0.05, 0.1) is 6.10 Å². The third-order valence-electron chi connectivity index (χ3n) is 6.31. The number of allylic oxidation sites excluding steroid dienone is 1. The van der Waals surface area contributed by atoms with Gasteiger partial charge in [0.1, 0.15) is 17.2 Å². The number of carbonyl (C=O) groups excluding carboxylic acids is 3. The molecule has 1 heterocycles. The van der Waals surface area contributed by atoms with Crippen LogP contribution in [0.25, 0.3) is 0 Å². The summed E-state index contributed by atoms with van der Waals surface area (Å²) in [4.78, 5) is 36.9. The average molecular weight is 391 g/mol. The molecular formula is C23H34O5. The fourth-order valence-electron chi connectivity index (χ4n) is 4.50. The number of aliphatic hydroxyl groups excluding tert-OH is 1. The van der Waals surface area contributed by atoms with Gasteiger partial charge in [-0.05, 0) is 51.5 Å². The molecule has 0 aromatic rings. The minimum Gasteiger partial charge on any atom is -0.456 e. The Morgan fingerprint density at radius 3 is 2.57 bits per heavy atom. The quantitative estimate of drug-likeness (QED) is 0.586. The Kier molecular flexibility index (Phi) is 7.02. The van der Waals surface area contributed by atoms with E-state index in [2.05, 4.69) is 0 Å². The van der Waals surface area contributed by atoms with Crippen LogP contribution in [0.3, 0.4) is 0 Å². The van der Waals surface area contributed by atoms with Gasteiger partial charge >= 0.3 is 5.97 Å². The summed E-state index contributed by atoms with van der Waals surface area (Å²) in [6.07, 6.45) is 4.25. The monoisotopic (exact) mass is 390 g/mol. The number of carbonyl (C=O) groups is 3. The molecule has 0 spiro atoms. The number of Topliss-reactive ketones (excluding diaryl/α,β-unsaturated/α-hetero) is 2. The van der Waals surface area contributed by atoms with Gasteiger partial charge in [0.15, 0.2) is 0 Å². The number of rotatable bonds is 3. The van der Waals surface area contributed by atoms with Crippen molar-refractivity contribution in [3.05, 3.63) is 23.3 Å². The van der Waals surface area contributed by atoms with Gasteiger partial charge in [0, 0.05) is 30.3 Å². The van der Waals surface area contributed by atoms with E-state index < -0.39 is 17.6 Å². The summed E-state index contributed by atoms with van der Waals surface area (Å²) in [5.41, 5.74) is 0.918. The van der Waals surface area contributed by atoms with Crippen molar-refractivity contribution in [3.8, 4) is 0 Å². The lowest BCUT2D eigenvalue weighted by Gasteiger charge is -2.43. The minimum absolute atomic E-state index is 0.00515. The molecule has 2 aliphatic rings. The SMILES string of the molecule is CC(=O)C[C@H]1/C=C(\C)[C@@H](O)C[C@H]2C(C(C)C)=CC(=O)O[C@]2(C)CC[C@@H](C)C1=O. The van der Waals surface area contributed by atoms with Gasteiger partial charge in [-0.15, -0.1) is 0 Å². The number of aliphatic hydroxyl groups is 1. The van der Waals surface area contributed by atoms with E-state index in [1.54, 1.807) is 19.1 Å². The molecule has 5 heteroatoms. The van der Waals surface area contributed by atoms with E-state index in [9.17, 15) is 19.5 Å². The summed E-state index contributed by atoms with van der Waals surface area (Å²) < 4.78 is 5.78. The number of fused-ring (bicyclic) bond motifs is 1. The van der Waals surface area contributed by atoms with E-state index in [-0.39, 0.29) is 41.7 Å². The first-order valence-electron chi connectivity index (χ1n) is 10.3. The summed E-state index contributed by atoms with van der Waals surface area (Å²) in [6.45, 7) is 11.2. The third-order valence-corrected chi connectivity index (χ3v) is 6.31. The maximum atomic E-state index is 13.0. The van der Waals surface area contributed by atoms with Crippen molar-refractivity contribution >= 4 is 17.5 Å². The zero-order chi connectivity index (χ0) is 21.2. The summed E-state index contributed by atoms with van der Waals surface area (Å²) in [7, 11) is 0. The maximum absolute atomic E-state index is 13.0. The van der Waals surface area contributed by atoms with Gasteiger partial charge in [-0.1, -0.05) is 32.4 Å². The molecule has 1 aliphatic carbocycles. The molecule has 2 rings (SSSR count). The zero-order valence-electron chi connectivity index (χ0n) is 18.0. The highest BCUT2D eigenvalue weighted by Crippen LogP contribution is 2.43. The molecule has 0 aromatic carbocycles. The maximum Gasteiger partial charge on any atom is 0.331 e. The Balaban J connectivity index is 2.48. The Bertz CT molecular complexity index is 702. The topological polar surface area (TPSA) is 80.7 Å². The van der Waals surface area contributed by atoms with Crippen LogP contribution in [0, 0.1) is 23.7 Å². The normalized spacial score (nSPS) is 36.6. The molecule has 28 heavy (non-hydrogen) atoms. The Labute approximate surface area is 168 Å². The second-order valence-corrected chi connectivity index (χ2v) is 9.10. The van der Waals surface area contributed by atoms with Gasteiger partial charge in [0.2, 0.25) is 0 Å². The zero-order valence-corrected chi connectivity index (χ0v) is 18.0. The van der Waals surface area contributed by atoms with Crippen LogP contribution in [0.5, 0.6) is 0 Å². The van der Waals surface area contributed by atoms with E-state index >= 15 is 0 Å². The smallest absolute Gasteiger partial charge is 0.331 e. The summed E-state index contributed by atoms with van der Waals surface area (Å²) in [5.74, 6) is -1.12. The Morgan fingerprint density at radius 2 is 2.00 bits per heavy atom. The van der Waals surface area contributed by atoms with Crippen molar-refractivity contribution in [1.29, 1.82) is 0 Å². The second kappa shape index (κ2) is 8.73. The van der Waals surface area contributed by atoms with Crippen LogP contribution in [-0.2, 0) is 19.1 Å². The van der Waals surface area contributed by atoms with E-state index in [0.717, 1.165) is 5.57 Å². The number of ether oxygens (including phenoxy) is 1. The van der Waals surface area contributed by atoms with Crippen LogP contribution >= 0.6 is 0 Å². The van der Waals surface area contributed by atoms with E-state index in [4.69, 9.17) is 4.74 Å². The number of hydrogen-bond acceptors (Lipinski definition) is 5. The molecule has 5 nitrogen and oxygen atoms in total. The molecule has 156 valence electrons. The Morgan fingerprint density at radius 1 is 1.36 bits per heavy atom. The molecule has 0 radical (unpaired) electrons. The van der Waals surface area contributed by atoms with Crippen molar-refractivity contribution in [1.82, 2.24) is 0 Å². The van der Waals surface area contributed by atoms with E-state index in [0.29, 0.717) is 24.8 Å². The molecule has 0 bridgehead atoms. The largest absolute Gasteiger partial charge is 0.456 e. The third kappa shape index (κ3) is 4.99. The molecule has 5 atom stereocenters. The van der Waals surface area contributed by atoms with Crippen molar-refractivity contribution in [2.45, 2.75) is 78.9 Å². The predicted octanol–water partition coefficient (Wildman–Crippen LogP) is 3.79. The van der Waals surface area contributed by atoms with E-state index in [1.807, 2.05) is 27.7 Å². The first kappa shape index (κ1) is 22.5. The van der Waals surface area contributed by atoms with Crippen LogP contribution in [0.2, 0.25) is 0 Å². The fourth-order valence-corrected chi connectivity index (χ4v) is 4.50. The molecule has 0 amide bonds. The highest BCUT2D eigenvalue weighted by molar-refractivity contribution is 5.90. The standard InChI is InChI=1S/C23H34O5/c1-13(2)18-11-21(26)28-23(6)8-7-14(3)22(27)17(10-16(5)24)9-15(4)20(25)12-19(18)23/h9,11,13-14,17,19-20,25H,7-8,10,12H2,1-6H3/b15-9+/t14-,17-,19+,20+,23-/m1/s1. The van der Waals surface area contributed by atoms with Gasteiger partial charge in [-0.2, -0.15) is 0 Å². The lowest BCUT2D eigenvalue weighted by molar-refractivity contribution is -0.162. The molecule has 1 N–H and O–H groups in total. The first-order chi connectivity index (χ1) is 12.9. The van der Waals surface area contributed by atoms with Gasteiger partial charge in [-0.25, -0.2) is 4.79 Å². The summed E-state index contributed by atoms with van der Waals surface area (Å²) >= 11 is 0. The minimum atomic E-state index is -0.765. The van der Waals surface area contributed by atoms with Crippen molar-refractivity contribution < 1.29 is 24.2 Å². The molecule has 1 aliphatic heterocycles. The van der Waals surface area contributed by atoms with Crippen LogP contribution < -0.4 is 0 Å². The van der Waals surface area contributed by atoms with E-state index in [1.165, 1.54) is 6.92 Å². The highest BCUT2D eigenvalue weighted by atomic mass is 16.6. The summed E-state index contributed by atoms with van der Waals surface area (Å²) in [5, 5.41) is 10.9. The number of esters is 1. The number of hydrogen-bond donors (Lipinski definition) is 1. The Hall–Kier alpha value is -1.75. The lowest BCUT2D eigenvalue weighted by atomic mass is 9.71. The predicted molar refractivity (Wildman–Crippen MR) is 107 cm³/mol. The van der Waals surface area contributed by atoms with Gasteiger partial charge < -0.3 is 9.84 Å². The highest BCUT2D eigenvalue weighted by Gasteiger charge is 2.45. The molecule has 0 saturated heterocycles. The van der Waals surface area contributed by atoms with Gasteiger partial charge in [0.25, 0.3) is 0 Å². The van der Waals surface area contributed by atoms with Crippen molar-refractivity contribution in [2.75, 3.05) is 0 Å². The van der Waals surface area contributed by atoms with Crippen LogP contribution in [0.15, 0.2) is 23.3 Å². The molecule has 0 fully saturated rings. The van der Waals surface area contributed by atoms with Crippen LogP contribution in [0.4, 0.5) is 0 Å². The van der Waals surface area contributed by atoms with Gasteiger partial charge in [-0.3, -0.25) is 9.59 Å². The molecular weight excluding hydrogens is 356 g/mol. The molecule has 0 aromatic heterocycles. The average Bonchev–Trinajstić information content (AvgIpc) is 2.59. The first-order valence-corrected chi connectivity index (χ1v) is 10.3. The molecule has 0 unspecified atom stereocenters. The van der Waals surface area contributed by atoms with Crippen molar-refractivity contribution in [3.63, 3.8) is 0 Å². The van der Waals surface area contributed by atoms with Crippen molar-refractivity contribution in [2.24, 2.45) is 23.7 Å². The van der Waals surface area contributed by atoms with Crippen LogP contribution in [-0.4, -0.2) is 34.3 Å².